The van der Waals surface area contributed by atoms with E-state index in [0.29, 0.717) is 43.9 Å². The van der Waals surface area contributed by atoms with Crippen molar-refractivity contribution in [1.82, 2.24) is 19.8 Å². The van der Waals surface area contributed by atoms with Gasteiger partial charge in [-0.15, -0.1) is 0 Å². The first-order valence-electron chi connectivity index (χ1n) is 15.6. The SMILES string of the molecule is C=C(F)C(=O)N1CCN(c2nc(OCC3(CN(C)C)CC3)nc3c2C[C@H](C)N(c2cccc4ccc(F)c(Cl)c24)C3)C[C@@H]1CC#N. The van der Waals surface area contributed by atoms with Crippen LogP contribution in [-0.2, 0) is 17.8 Å². The number of aromatic nitrogens is 2. The van der Waals surface area contributed by atoms with Crippen LogP contribution in [-0.4, -0.2) is 84.6 Å². The molecule has 12 heteroatoms. The number of benzene rings is 2. The number of hydrogen-bond donors (Lipinski definition) is 0. The number of anilines is 2. The van der Waals surface area contributed by atoms with E-state index in [2.05, 4.69) is 48.4 Å². The number of piperazine rings is 1. The maximum Gasteiger partial charge on any atom is 0.318 e. The van der Waals surface area contributed by atoms with Crippen LogP contribution in [0.3, 0.4) is 0 Å². The number of amides is 1. The maximum atomic E-state index is 14.7. The van der Waals surface area contributed by atoms with Gasteiger partial charge in [0.1, 0.15) is 11.6 Å². The van der Waals surface area contributed by atoms with E-state index in [4.69, 9.17) is 26.3 Å². The summed E-state index contributed by atoms with van der Waals surface area (Å²) in [7, 11) is 4.10. The zero-order valence-electron chi connectivity index (χ0n) is 26.4. The smallest absolute Gasteiger partial charge is 0.318 e. The highest BCUT2D eigenvalue weighted by molar-refractivity contribution is 6.36. The van der Waals surface area contributed by atoms with Gasteiger partial charge in [0.25, 0.3) is 5.91 Å². The topological polar surface area (TPSA) is 88.8 Å². The predicted octanol–water partition coefficient (Wildman–Crippen LogP) is 5.51. The van der Waals surface area contributed by atoms with Crippen LogP contribution in [0.1, 0.15) is 37.4 Å². The summed E-state index contributed by atoms with van der Waals surface area (Å²) in [5.74, 6) is -1.61. The van der Waals surface area contributed by atoms with Gasteiger partial charge in [-0.3, -0.25) is 4.79 Å². The summed E-state index contributed by atoms with van der Waals surface area (Å²) < 4.78 is 34.8. The summed E-state index contributed by atoms with van der Waals surface area (Å²) in [4.78, 5) is 30.2. The van der Waals surface area contributed by atoms with Crippen molar-refractivity contribution in [3.05, 3.63) is 64.8 Å². The summed E-state index contributed by atoms with van der Waals surface area (Å²) >= 11 is 6.53. The Morgan fingerprint density at radius 2 is 2.02 bits per heavy atom. The lowest BCUT2D eigenvalue weighted by atomic mass is 9.96. The van der Waals surface area contributed by atoms with Gasteiger partial charge in [-0.25, -0.2) is 8.78 Å². The first kappa shape index (κ1) is 32.0. The van der Waals surface area contributed by atoms with Crippen molar-refractivity contribution >= 4 is 39.8 Å². The van der Waals surface area contributed by atoms with Crippen molar-refractivity contribution in [3.8, 4) is 12.1 Å². The lowest BCUT2D eigenvalue weighted by molar-refractivity contribution is -0.131. The minimum absolute atomic E-state index is 0.0194. The Bertz CT molecular complexity index is 1720. The molecular weight excluding hydrogens is 612 g/mol. The van der Waals surface area contributed by atoms with Gasteiger partial charge in [-0.05, 0) is 57.8 Å². The van der Waals surface area contributed by atoms with Crippen LogP contribution in [0.15, 0.2) is 42.7 Å². The largest absolute Gasteiger partial charge is 0.463 e. The molecule has 1 amide bonds. The number of carbonyl (C=O) groups excluding carboxylic acids is 1. The molecule has 3 aliphatic rings. The van der Waals surface area contributed by atoms with E-state index in [9.17, 15) is 18.8 Å². The van der Waals surface area contributed by atoms with Crippen LogP contribution >= 0.6 is 11.6 Å². The number of carbonyl (C=O) groups is 1. The fourth-order valence-corrected chi connectivity index (χ4v) is 7.17. The summed E-state index contributed by atoms with van der Waals surface area (Å²) in [6, 6.07) is 10.8. The van der Waals surface area contributed by atoms with Gasteiger partial charge >= 0.3 is 6.01 Å². The molecule has 1 aliphatic carbocycles. The Hall–Kier alpha value is -4.01. The fraction of sp³-hybridized carbons (Fsp3) is 0.471. The van der Waals surface area contributed by atoms with Crippen LogP contribution in [0.25, 0.3) is 10.8 Å². The van der Waals surface area contributed by atoms with Crippen LogP contribution < -0.4 is 14.5 Å². The third-order valence-electron chi connectivity index (χ3n) is 9.34. The predicted molar refractivity (Wildman–Crippen MR) is 174 cm³/mol. The molecule has 0 spiro atoms. The van der Waals surface area contributed by atoms with E-state index in [1.165, 1.54) is 11.0 Å². The Morgan fingerprint density at radius 1 is 1.24 bits per heavy atom. The van der Waals surface area contributed by atoms with Gasteiger partial charge in [-0.1, -0.05) is 36.4 Å². The van der Waals surface area contributed by atoms with Crippen molar-refractivity contribution in [1.29, 1.82) is 5.26 Å². The molecule has 2 aliphatic heterocycles. The Balaban J connectivity index is 1.38. The van der Waals surface area contributed by atoms with E-state index in [0.717, 1.165) is 41.7 Å². The Kier molecular flexibility index (Phi) is 8.79. The van der Waals surface area contributed by atoms with Gasteiger partial charge in [0.15, 0.2) is 5.83 Å². The number of hydrogen-bond acceptors (Lipinski definition) is 8. The van der Waals surface area contributed by atoms with Crippen LogP contribution in [0.5, 0.6) is 6.01 Å². The van der Waals surface area contributed by atoms with Crippen molar-refractivity contribution in [3.63, 3.8) is 0 Å². The molecule has 3 aromatic rings. The molecule has 1 saturated carbocycles. The number of fused-ring (bicyclic) bond motifs is 2. The van der Waals surface area contributed by atoms with Crippen molar-refractivity contribution in [2.75, 3.05) is 56.7 Å². The van der Waals surface area contributed by atoms with Crippen LogP contribution in [0, 0.1) is 22.6 Å². The number of nitrogens with zero attached hydrogens (tertiary/aromatic N) is 7. The molecule has 1 aromatic heterocycles. The molecule has 2 fully saturated rings. The summed E-state index contributed by atoms with van der Waals surface area (Å²) in [6.07, 6.45) is 2.76. The van der Waals surface area contributed by atoms with E-state index in [-0.39, 0.29) is 35.5 Å². The average molecular weight is 650 g/mol. The third kappa shape index (κ3) is 6.20. The molecule has 46 heavy (non-hydrogen) atoms. The number of ether oxygens (including phenoxy) is 1. The lowest BCUT2D eigenvalue weighted by Gasteiger charge is -2.43. The maximum absolute atomic E-state index is 14.7. The summed E-state index contributed by atoms with van der Waals surface area (Å²) in [6.45, 7) is 7.99. The second-order valence-electron chi connectivity index (χ2n) is 13.1. The van der Waals surface area contributed by atoms with Gasteiger partial charge < -0.3 is 24.3 Å². The molecule has 0 N–H and O–H groups in total. The molecule has 2 atom stereocenters. The Labute approximate surface area is 273 Å². The van der Waals surface area contributed by atoms with Crippen LogP contribution in [0.4, 0.5) is 20.3 Å². The minimum atomic E-state index is -1.04. The van der Waals surface area contributed by atoms with Gasteiger partial charge in [0.2, 0.25) is 0 Å². The van der Waals surface area contributed by atoms with Crippen molar-refractivity contribution in [2.45, 2.75) is 51.2 Å². The Morgan fingerprint density at radius 3 is 2.72 bits per heavy atom. The highest BCUT2D eigenvalue weighted by Crippen LogP contribution is 2.46. The van der Waals surface area contributed by atoms with Crippen molar-refractivity contribution < 1.29 is 18.3 Å². The minimum Gasteiger partial charge on any atom is -0.463 e. The van der Waals surface area contributed by atoms with Gasteiger partial charge in [-0.2, -0.15) is 15.2 Å². The van der Waals surface area contributed by atoms with E-state index in [1.807, 2.05) is 18.2 Å². The van der Waals surface area contributed by atoms with E-state index < -0.39 is 23.6 Å². The second-order valence-corrected chi connectivity index (χ2v) is 13.4. The molecule has 0 bridgehead atoms. The van der Waals surface area contributed by atoms with E-state index >= 15 is 0 Å². The highest BCUT2D eigenvalue weighted by Gasteiger charge is 2.44. The number of halogens is 3. The van der Waals surface area contributed by atoms with Gasteiger partial charge in [0.05, 0.1) is 42.4 Å². The summed E-state index contributed by atoms with van der Waals surface area (Å²) in [5.41, 5.74) is 2.62. The molecule has 242 valence electrons. The summed E-state index contributed by atoms with van der Waals surface area (Å²) in [5, 5.41) is 11.1. The molecule has 1 saturated heterocycles. The normalized spacial score (nSPS) is 20.4. The quantitative estimate of drug-likeness (QED) is 0.281. The lowest BCUT2D eigenvalue weighted by Crippen LogP contribution is -2.56. The molecule has 3 heterocycles. The first-order valence-corrected chi connectivity index (χ1v) is 16.0. The van der Waals surface area contributed by atoms with E-state index in [1.54, 1.807) is 6.07 Å². The zero-order valence-corrected chi connectivity index (χ0v) is 27.2. The number of rotatable bonds is 9. The van der Waals surface area contributed by atoms with Crippen molar-refractivity contribution in [2.24, 2.45) is 5.41 Å². The standard InChI is InChI=1S/C34H38ClF2N7O2/c1-21-16-25-27(18-44(21)28-7-5-6-23-8-9-26(37)30(35)29(23)28)39-33(46-20-34(11-12-34)19-41(3)4)40-31(25)42-14-15-43(32(45)22(2)36)24(17-42)10-13-38/h5-9,21,24H,2,10-12,14-20H2,1,3-4H3/t21-,24-/m0/s1. The zero-order chi connectivity index (χ0) is 32.7. The monoisotopic (exact) mass is 649 g/mol. The average Bonchev–Trinajstić information content (AvgIpc) is 3.79. The highest BCUT2D eigenvalue weighted by atomic mass is 35.5. The molecule has 0 unspecified atom stereocenters. The van der Waals surface area contributed by atoms with Gasteiger partial charge in [0, 0.05) is 54.3 Å². The molecular formula is C34H38ClF2N7O2. The van der Waals surface area contributed by atoms with Crippen LogP contribution in [0.2, 0.25) is 5.02 Å². The second kappa shape index (κ2) is 12.6. The molecule has 9 nitrogen and oxygen atoms in total. The first-order chi connectivity index (χ1) is 22.0. The molecule has 0 radical (unpaired) electrons. The molecule has 2 aromatic carbocycles. The fourth-order valence-electron chi connectivity index (χ4n) is 6.90. The number of nitriles is 1. The molecule has 6 rings (SSSR count). The third-order valence-corrected chi connectivity index (χ3v) is 9.71.